The highest BCUT2D eigenvalue weighted by molar-refractivity contribution is 6.28. The summed E-state index contributed by atoms with van der Waals surface area (Å²) in [5.74, 6) is 0.0129. The highest BCUT2D eigenvalue weighted by Crippen LogP contribution is 2.67. The molecule has 21 heavy (non-hydrogen) atoms. The average molecular weight is 311 g/mol. The molecule has 0 amide bonds. The van der Waals surface area contributed by atoms with Gasteiger partial charge in [-0.3, -0.25) is 0 Å². The first-order valence-corrected chi connectivity index (χ1v) is 7.21. The van der Waals surface area contributed by atoms with Gasteiger partial charge in [-0.2, -0.15) is 4.98 Å². The highest BCUT2D eigenvalue weighted by Gasteiger charge is 2.71. The van der Waals surface area contributed by atoms with Gasteiger partial charge in [0.05, 0.1) is 30.8 Å². The summed E-state index contributed by atoms with van der Waals surface area (Å²) in [6.07, 6.45) is 0.384. The Morgan fingerprint density at radius 3 is 2.86 bits per heavy atom. The van der Waals surface area contributed by atoms with Crippen molar-refractivity contribution in [1.29, 1.82) is 0 Å². The molecule has 8 heteroatoms. The summed E-state index contributed by atoms with van der Waals surface area (Å²) in [7, 11) is 0. The van der Waals surface area contributed by atoms with Crippen molar-refractivity contribution in [3.63, 3.8) is 0 Å². The predicted molar refractivity (Wildman–Crippen MR) is 73.7 cm³/mol. The fraction of sp³-hybridized carbons (Fsp3) is 0.615. The predicted octanol–water partition coefficient (Wildman–Crippen LogP) is 0.0632. The molecular formula is C13H15ClN4O3. The second-order valence-electron chi connectivity index (χ2n) is 6.03. The minimum Gasteiger partial charge on any atom is -0.396 e. The molecule has 112 valence electrons. The van der Waals surface area contributed by atoms with Gasteiger partial charge in [-0.15, -0.1) is 0 Å². The van der Waals surface area contributed by atoms with Crippen molar-refractivity contribution in [2.75, 3.05) is 6.61 Å². The molecule has 0 aromatic carbocycles. The first kappa shape index (κ1) is 13.4. The number of hydrogen-bond donors (Lipinski definition) is 3. The number of imidazole rings is 1. The highest BCUT2D eigenvalue weighted by atomic mass is 35.5. The Balaban J connectivity index is 1.85. The minimum atomic E-state index is -0.956. The average Bonchev–Trinajstić information content (AvgIpc) is 2.97. The van der Waals surface area contributed by atoms with Gasteiger partial charge in [-0.25, -0.2) is 9.97 Å². The Hall–Kier alpha value is -1.28. The van der Waals surface area contributed by atoms with Crippen molar-refractivity contribution in [2.24, 2.45) is 11.3 Å². The molecule has 2 aromatic heterocycles. The zero-order valence-corrected chi connectivity index (χ0v) is 12.1. The van der Waals surface area contributed by atoms with Gasteiger partial charge in [0.15, 0.2) is 5.65 Å². The number of fused-ring (bicyclic) bond motifs is 2. The molecule has 4 rings (SSSR count). The summed E-state index contributed by atoms with van der Waals surface area (Å²) in [4.78, 5) is 12.6. The lowest BCUT2D eigenvalue weighted by molar-refractivity contribution is -0.0300. The SMILES string of the molecule is Cc1nc(Cl)nc2c1ncn2[C@H]1[C@H](O)[C@H](O)C2(CO)C[C@H]12. The fourth-order valence-corrected chi connectivity index (χ4v) is 4.00. The Bertz CT molecular complexity index is 736. The van der Waals surface area contributed by atoms with Crippen LogP contribution in [-0.2, 0) is 0 Å². The maximum Gasteiger partial charge on any atom is 0.224 e. The number of aromatic nitrogens is 4. The van der Waals surface area contributed by atoms with Crippen molar-refractivity contribution in [3.05, 3.63) is 17.3 Å². The van der Waals surface area contributed by atoms with Crippen molar-refractivity contribution < 1.29 is 15.3 Å². The monoisotopic (exact) mass is 310 g/mol. The lowest BCUT2D eigenvalue weighted by Crippen LogP contribution is -2.35. The van der Waals surface area contributed by atoms with E-state index in [1.807, 2.05) is 0 Å². The number of aliphatic hydroxyl groups excluding tert-OH is 3. The molecule has 0 radical (unpaired) electrons. The van der Waals surface area contributed by atoms with Gasteiger partial charge < -0.3 is 19.9 Å². The van der Waals surface area contributed by atoms with Crippen molar-refractivity contribution in [1.82, 2.24) is 19.5 Å². The van der Waals surface area contributed by atoms with E-state index in [9.17, 15) is 15.3 Å². The summed E-state index contributed by atoms with van der Waals surface area (Å²) >= 11 is 5.91. The minimum absolute atomic E-state index is 0.0129. The van der Waals surface area contributed by atoms with Crippen molar-refractivity contribution >= 4 is 22.8 Å². The van der Waals surface area contributed by atoms with Crippen LogP contribution < -0.4 is 0 Å². The summed E-state index contributed by atoms with van der Waals surface area (Å²) in [5, 5.41) is 30.2. The van der Waals surface area contributed by atoms with Crippen LogP contribution in [0.2, 0.25) is 5.28 Å². The topological polar surface area (TPSA) is 104 Å². The molecule has 0 saturated heterocycles. The van der Waals surface area contributed by atoms with Crippen LogP contribution in [0.25, 0.3) is 11.2 Å². The van der Waals surface area contributed by atoms with E-state index in [1.165, 1.54) is 0 Å². The van der Waals surface area contributed by atoms with Crippen LogP contribution in [-0.4, -0.2) is 53.7 Å². The molecular weight excluding hydrogens is 296 g/mol. The first-order chi connectivity index (χ1) is 9.99. The van der Waals surface area contributed by atoms with Crippen LogP contribution in [0, 0.1) is 18.3 Å². The van der Waals surface area contributed by atoms with Crippen LogP contribution in [0.1, 0.15) is 18.2 Å². The summed E-state index contributed by atoms with van der Waals surface area (Å²) < 4.78 is 1.75. The number of rotatable bonds is 2. The molecule has 1 unspecified atom stereocenters. The maximum atomic E-state index is 10.3. The van der Waals surface area contributed by atoms with Crippen LogP contribution in [0.5, 0.6) is 0 Å². The molecule has 5 atom stereocenters. The fourth-order valence-electron chi connectivity index (χ4n) is 3.79. The van der Waals surface area contributed by atoms with Gasteiger partial charge in [-0.05, 0) is 30.9 Å². The smallest absolute Gasteiger partial charge is 0.224 e. The van der Waals surface area contributed by atoms with E-state index in [2.05, 4.69) is 15.0 Å². The van der Waals surface area contributed by atoms with Crippen molar-refractivity contribution in [3.8, 4) is 0 Å². The zero-order valence-electron chi connectivity index (χ0n) is 11.3. The van der Waals surface area contributed by atoms with E-state index in [1.54, 1.807) is 17.8 Å². The number of hydrogen-bond acceptors (Lipinski definition) is 6. The van der Waals surface area contributed by atoms with Gasteiger partial charge in [0.2, 0.25) is 5.28 Å². The van der Waals surface area contributed by atoms with Gasteiger partial charge in [0.1, 0.15) is 11.6 Å². The Morgan fingerprint density at radius 2 is 2.19 bits per heavy atom. The lowest BCUT2D eigenvalue weighted by atomic mass is 10.0. The molecule has 2 aliphatic rings. The van der Waals surface area contributed by atoms with Crippen LogP contribution >= 0.6 is 11.6 Å². The lowest BCUT2D eigenvalue weighted by Gasteiger charge is -2.23. The van der Waals surface area contributed by atoms with E-state index in [0.717, 1.165) is 0 Å². The van der Waals surface area contributed by atoms with E-state index in [4.69, 9.17) is 11.6 Å². The normalized spacial score (nSPS) is 38.0. The number of aliphatic hydroxyl groups is 3. The molecule has 2 aliphatic carbocycles. The van der Waals surface area contributed by atoms with Gasteiger partial charge in [0, 0.05) is 5.41 Å². The molecule has 3 N–H and O–H groups in total. The maximum absolute atomic E-state index is 10.3. The third kappa shape index (κ3) is 1.57. The van der Waals surface area contributed by atoms with Gasteiger partial charge in [-0.1, -0.05) is 0 Å². The number of nitrogens with zero attached hydrogens (tertiary/aromatic N) is 4. The third-order valence-electron chi connectivity index (χ3n) is 5.04. The van der Waals surface area contributed by atoms with E-state index < -0.39 is 17.6 Å². The number of aryl methyl sites for hydroxylation is 1. The van der Waals surface area contributed by atoms with Gasteiger partial charge >= 0.3 is 0 Å². The molecule has 2 aromatic rings. The molecule has 2 heterocycles. The second-order valence-corrected chi connectivity index (χ2v) is 6.37. The Labute approximate surface area is 125 Å². The van der Waals surface area contributed by atoms with Crippen molar-refractivity contribution in [2.45, 2.75) is 31.6 Å². The molecule has 2 saturated carbocycles. The zero-order chi connectivity index (χ0) is 14.9. The Kier molecular flexibility index (Phi) is 2.63. The molecule has 0 bridgehead atoms. The Morgan fingerprint density at radius 1 is 1.43 bits per heavy atom. The summed E-state index contributed by atoms with van der Waals surface area (Å²) in [6, 6.07) is -0.359. The first-order valence-electron chi connectivity index (χ1n) is 6.83. The quantitative estimate of drug-likeness (QED) is 0.678. The largest absolute Gasteiger partial charge is 0.396 e. The van der Waals surface area contributed by atoms with E-state index in [0.29, 0.717) is 23.3 Å². The summed E-state index contributed by atoms with van der Waals surface area (Å²) in [6.45, 7) is 1.66. The van der Waals surface area contributed by atoms with Gasteiger partial charge in [0.25, 0.3) is 0 Å². The molecule has 2 fully saturated rings. The van der Waals surface area contributed by atoms with Crippen LogP contribution in [0.15, 0.2) is 6.33 Å². The van der Waals surface area contributed by atoms with Crippen LogP contribution in [0.3, 0.4) is 0 Å². The van der Waals surface area contributed by atoms with E-state index >= 15 is 0 Å². The number of halogens is 1. The second kappa shape index (κ2) is 4.13. The summed E-state index contributed by atoms with van der Waals surface area (Å²) in [5.41, 5.74) is 1.25. The molecule has 0 spiro atoms. The van der Waals surface area contributed by atoms with E-state index in [-0.39, 0.29) is 23.9 Å². The molecule has 0 aliphatic heterocycles. The third-order valence-corrected chi connectivity index (χ3v) is 5.21. The molecule has 7 nitrogen and oxygen atoms in total. The standard InChI is InChI=1S/C13H15ClN4O3/c1-5-7-11(17-12(14)16-5)18(4-15-7)8-6-2-13(6,3-19)10(21)9(8)20/h4,6,8-10,19-21H,2-3H2,1H3/t6-,8-,9+,10+,13?/m1/s1. The van der Waals surface area contributed by atoms with Crippen LogP contribution in [0.4, 0.5) is 0 Å².